The van der Waals surface area contributed by atoms with Gasteiger partial charge < -0.3 is 15.5 Å². The van der Waals surface area contributed by atoms with Crippen LogP contribution in [-0.2, 0) is 20.0 Å². The van der Waals surface area contributed by atoms with E-state index >= 15 is 0 Å². The number of hydrogen-bond acceptors (Lipinski definition) is 7. The third kappa shape index (κ3) is 5.98. The van der Waals surface area contributed by atoms with Gasteiger partial charge in [0.2, 0.25) is 5.91 Å². The van der Waals surface area contributed by atoms with E-state index in [1.54, 1.807) is 30.6 Å². The SMILES string of the molecule is CC(C)CN[C@@H]1CC[C@H](N2CC[C@H](Nc3ncnn4cc(C56CC7CC(CC(C7)C5)C6)cc34)C2=O)[C@H](CS(=O)(=O)c2ccccc2)C1. The number of amides is 1. The zero-order valence-corrected chi connectivity index (χ0v) is 28.7. The van der Waals surface area contributed by atoms with Gasteiger partial charge in [-0.25, -0.2) is 17.9 Å². The predicted octanol–water partition coefficient (Wildman–Crippen LogP) is 5.47. The Morgan fingerprint density at radius 1 is 0.979 bits per heavy atom. The Labute approximate surface area is 279 Å². The van der Waals surface area contributed by atoms with Crippen LogP contribution in [0, 0.1) is 29.6 Å². The van der Waals surface area contributed by atoms with Crippen molar-refractivity contribution in [2.75, 3.05) is 24.2 Å². The molecule has 4 bridgehead atoms. The second-order valence-electron chi connectivity index (χ2n) is 16.1. The minimum absolute atomic E-state index is 0.0488. The van der Waals surface area contributed by atoms with Crippen molar-refractivity contribution in [3.63, 3.8) is 0 Å². The molecule has 9 nitrogen and oxygen atoms in total. The Kier molecular flexibility index (Phi) is 8.10. The van der Waals surface area contributed by atoms with Gasteiger partial charge in [0.05, 0.1) is 10.6 Å². The molecule has 4 atom stereocenters. The van der Waals surface area contributed by atoms with E-state index in [1.165, 1.54) is 44.1 Å². The van der Waals surface area contributed by atoms with Crippen LogP contribution in [0.25, 0.3) is 5.52 Å². The number of carbonyl (C=O) groups is 1. The summed E-state index contributed by atoms with van der Waals surface area (Å²) in [5, 5.41) is 11.8. The summed E-state index contributed by atoms with van der Waals surface area (Å²) in [6, 6.07) is 10.8. The van der Waals surface area contributed by atoms with Crippen LogP contribution in [0.15, 0.2) is 53.8 Å². The first kappa shape index (κ1) is 31.3. The molecular weight excluding hydrogens is 609 g/mol. The van der Waals surface area contributed by atoms with Gasteiger partial charge in [-0.05, 0) is 130 Å². The molecule has 10 heteroatoms. The predicted molar refractivity (Wildman–Crippen MR) is 183 cm³/mol. The first-order valence-corrected chi connectivity index (χ1v) is 19.7. The van der Waals surface area contributed by atoms with E-state index in [-0.39, 0.29) is 35.1 Å². The number of rotatable bonds is 10. The molecule has 2 N–H and O–H groups in total. The highest BCUT2D eigenvalue weighted by Gasteiger charge is 2.52. The van der Waals surface area contributed by atoms with Crippen molar-refractivity contribution in [3.8, 4) is 0 Å². The molecule has 3 heterocycles. The third-order valence-electron chi connectivity index (χ3n) is 12.3. The van der Waals surface area contributed by atoms with Gasteiger partial charge in [0.15, 0.2) is 15.7 Å². The molecule has 1 saturated heterocycles. The smallest absolute Gasteiger partial charge is 0.245 e. The van der Waals surface area contributed by atoms with Crippen molar-refractivity contribution >= 4 is 27.1 Å². The third-order valence-corrected chi connectivity index (χ3v) is 14.2. The van der Waals surface area contributed by atoms with Crippen molar-refractivity contribution in [3.05, 3.63) is 54.5 Å². The number of fused-ring (bicyclic) bond motifs is 1. The van der Waals surface area contributed by atoms with Crippen LogP contribution in [0.2, 0.25) is 0 Å². The number of hydrogen-bond donors (Lipinski definition) is 2. The molecule has 6 fully saturated rings. The van der Waals surface area contributed by atoms with Crippen LogP contribution < -0.4 is 10.6 Å². The summed E-state index contributed by atoms with van der Waals surface area (Å²) < 4.78 is 29.1. The molecule has 5 saturated carbocycles. The van der Waals surface area contributed by atoms with Gasteiger partial charge in [-0.3, -0.25) is 4.79 Å². The number of sulfone groups is 1. The zero-order chi connectivity index (χ0) is 32.3. The summed E-state index contributed by atoms with van der Waals surface area (Å²) in [6.07, 6.45) is 15.1. The Morgan fingerprint density at radius 3 is 2.40 bits per heavy atom. The number of benzene rings is 1. The average Bonchev–Trinajstić information content (AvgIpc) is 3.65. The van der Waals surface area contributed by atoms with Crippen LogP contribution in [-0.4, -0.2) is 70.8 Å². The lowest BCUT2D eigenvalue weighted by molar-refractivity contribution is -0.132. The molecular formula is C37H50N6O3S. The molecule has 0 spiro atoms. The van der Waals surface area contributed by atoms with E-state index in [2.05, 4.69) is 46.8 Å². The van der Waals surface area contributed by atoms with E-state index in [1.807, 2.05) is 15.5 Å². The number of carbonyl (C=O) groups excluding carboxylic acids is 1. The molecule has 47 heavy (non-hydrogen) atoms. The Bertz CT molecular complexity index is 1690. The average molecular weight is 659 g/mol. The molecule has 1 aliphatic heterocycles. The highest BCUT2D eigenvalue weighted by Crippen LogP contribution is 2.61. The summed E-state index contributed by atoms with van der Waals surface area (Å²) >= 11 is 0. The molecule has 252 valence electrons. The molecule has 5 aliphatic carbocycles. The second kappa shape index (κ2) is 12.2. The summed E-state index contributed by atoms with van der Waals surface area (Å²) in [4.78, 5) is 21.1. The largest absolute Gasteiger partial charge is 0.356 e. The molecule has 1 aromatic carbocycles. The number of anilines is 1. The van der Waals surface area contributed by atoms with Crippen LogP contribution in [0.3, 0.4) is 0 Å². The Balaban J connectivity index is 1.00. The lowest BCUT2D eigenvalue weighted by atomic mass is 9.48. The molecule has 2 aromatic heterocycles. The lowest BCUT2D eigenvalue weighted by Crippen LogP contribution is -2.51. The second-order valence-corrected chi connectivity index (χ2v) is 18.2. The van der Waals surface area contributed by atoms with Crippen molar-refractivity contribution < 1.29 is 13.2 Å². The van der Waals surface area contributed by atoms with Gasteiger partial charge in [-0.2, -0.15) is 5.10 Å². The fourth-order valence-electron chi connectivity index (χ4n) is 10.6. The van der Waals surface area contributed by atoms with Crippen LogP contribution in [0.5, 0.6) is 0 Å². The molecule has 1 amide bonds. The number of nitrogens with one attached hydrogen (secondary N) is 2. The van der Waals surface area contributed by atoms with Gasteiger partial charge in [0.1, 0.15) is 17.9 Å². The zero-order valence-electron chi connectivity index (χ0n) is 27.9. The first-order chi connectivity index (χ1) is 22.7. The monoisotopic (exact) mass is 658 g/mol. The van der Waals surface area contributed by atoms with E-state index in [9.17, 15) is 13.2 Å². The number of nitrogens with zero attached hydrogens (tertiary/aromatic N) is 4. The van der Waals surface area contributed by atoms with Crippen LogP contribution >= 0.6 is 0 Å². The fourth-order valence-corrected chi connectivity index (χ4v) is 12.2. The normalized spacial score (nSPS) is 33.7. The summed E-state index contributed by atoms with van der Waals surface area (Å²) in [5.41, 5.74) is 2.59. The van der Waals surface area contributed by atoms with E-state index < -0.39 is 15.9 Å². The highest BCUT2D eigenvalue weighted by molar-refractivity contribution is 7.91. The maximum absolute atomic E-state index is 14.1. The maximum atomic E-state index is 14.1. The quantitative estimate of drug-likeness (QED) is 0.298. The van der Waals surface area contributed by atoms with E-state index in [0.29, 0.717) is 29.6 Å². The lowest BCUT2D eigenvalue weighted by Gasteiger charge is -2.56. The molecule has 0 radical (unpaired) electrons. The Morgan fingerprint density at radius 2 is 1.70 bits per heavy atom. The fraction of sp³-hybridized carbons (Fsp3) is 0.649. The van der Waals surface area contributed by atoms with Gasteiger partial charge >= 0.3 is 0 Å². The topological polar surface area (TPSA) is 109 Å². The van der Waals surface area contributed by atoms with Gasteiger partial charge in [0, 0.05) is 24.8 Å². The van der Waals surface area contributed by atoms with Crippen molar-refractivity contribution in [1.29, 1.82) is 0 Å². The van der Waals surface area contributed by atoms with Gasteiger partial charge in [-0.15, -0.1) is 0 Å². The maximum Gasteiger partial charge on any atom is 0.245 e. The van der Waals surface area contributed by atoms with E-state index in [0.717, 1.165) is 49.1 Å². The molecule has 6 aliphatic rings. The van der Waals surface area contributed by atoms with Crippen LogP contribution in [0.4, 0.5) is 5.82 Å². The summed E-state index contributed by atoms with van der Waals surface area (Å²) in [5.74, 6) is 3.78. The minimum Gasteiger partial charge on any atom is -0.356 e. The molecule has 3 aromatic rings. The Hall–Kier alpha value is -2.98. The van der Waals surface area contributed by atoms with Gasteiger partial charge in [-0.1, -0.05) is 32.0 Å². The van der Waals surface area contributed by atoms with Crippen LogP contribution in [0.1, 0.15) is 83.6 Å². The van der Waals surface area contributed by atoms with E-state index in [4.69, 9.17) is 0 Å². The van der Waals surface area contributed by atoms with Crippen molar-refractivity contribution in [2.45, 2.75) is 106 Å². The number of likely N-dealkylation sites (tertiary alicyclic amines) is 1. The van der Waals surface area contributed by atoms with Crippen molar-refractivity contribution in [2.24, 2.45) is 29.6 Å². The molecule has 9 rings (SSSR count). The van der Waals surface area contributed by atoms with Crippen molar-refractivity contribution in [1.82, 2.24) is 24.8 Å². The highest BCUT2D eigenvalue weighted by atomic mass is 32.2. The first-order valence-electron chi connectivity index (χ1n) is 18.1. The summed E-state index contributed by atoms with van der Waals surface area (Å²) in [7, 11) is -3.50. The standard InChI is InChI=1S/C37H50N6O3S/c1-24(2)20-38-30-8-9-33(28(15-30)22-47(45,46)31-6-4-3-5-7-31)42-11-10-32(36(42)44)41-35-34-16-29(21-43(34)40-23-39-35)37-17-25-12-26(18-37)14-27(13-25)19-37/h3-7,16,21,23-28,30,32-33,38H,8-15,17-20,22H2,1-2H3,(H,39,40,41)/t25?,26?,27?,28-,30+,32-,33-,37?/m0/s1. The number of aromatic nitrogens is 3. The van der Waals surface area contributed by atoms with Gasteiger partial charge in [0.25, 0.3) is 0 Å². The summed E-state index contributed by atoms with van der Waals surface area (Å²) in [6.45, 7) is 5.90. The molecule has 0 unspecified atom stereocenters. The minimum atomic E-state index is -3.50.